The Balaban J connectivity index is 0. The van der Waals surface area contributed by atoms with Gasteiger partial charge in [-0.2, -0.15) is 0 Å². The Labute approximate surface area is 100 Å². The summed E-state index contributed by atoms with van der Waals surface area (Å²) < 4.78 is 4.10. The molecule has 1 aromatic carbocycles. The second-order valence-corrected chi connectivity index (χ2v) is 3.09. The molecule has 0 amide bonds. The van der Waals surface area contributed by atoms with Gasteiger partial charge >= 0.3 is 0 Å². The molecule has 0 unspecified atom stereocenters. The maximum atomic E-state index is 7.65. The van der Waals surface area contributed by atoms with E-state index in [1.165, 1.54) is 31.1 Å². The molecular formula is C14H26O2. The van der Waals surface area contributed by atoms with Crippen molar-refractivity contribution >= 4 is 0 Å². The first-order valence-corrected chi connectivity index (χ1v) is 5.90. The van der Waals surface area contributed by atoms with E-state index in [0.717, 1.165) is 0 Å². The topological polar surface area (TPSA) is 29.5 Å². The molecule has 0 spiro atoms. The zero-order valence-electron chi connectivity index (χ0n) is 11.3. The van der Waals surface area contributed by atoms with E-state index in [0.29, 0.717) is 0 Å². The third kappa shape index (κ3) is 9.69. The Morgan fingerprint density at radius 2 is 1.69 bits per heavy atom. The fraction of sp³-hybridized carbons (Fsp3) is 0.571. The summed E-state index contributed by atoms with van der Waals surface area (Å²) in [7, 11) is 1.43. The molecule has 0 aliphatic carbocycles. The molecule has 0 fully saturated rings. The lowest BCUT2D eigenvalue weighted by Gasteiger charge is -2.01. The summed E-state index contributed by atoms with van der Waals surface area (Å²) in [6.45, 7) is 8.21. The van der Waals surface area contributed by atoms with Crippen molar-refractivity contribution in [3.63, 3.8) is 0 Å². The highest BCUT2D eigenvalue weighted by Gasteiger charge is 1.92. The maximum absolute atomic E-state index is 7.65. The standard InChI is InChI=1S/C10H14.C2H6O2.C2H6/c1-3-6-10-8-5-4-7-9(10)2;1-4-2-3;1-2/h4-5,7-8H,3,6H2,1-2H3;3H,2H2,1H3;1-2H3. The van der Waals surface area contributed by atoms with Gasteiger partial charge in [0.2, 0.25) is 0 Å². The quantitative estimate of drug-likeness (QED) is 0.799. The highest BCUT2D eigenvalue weighted by molar-refractivity contribution is 5.25. The van der Waals surface area contributed by atoms with Crippen LogP contribution in [0.25, 0.3) is 0 Å². The van der Waals surface area contributed by atoms with Crippen molar-refractivity contribution in [1.82, 2.24) is 0 Å². The molecule has 0 atom stereocenters. The number of hydrogen-bond acceptors (Lipinski definition) is 2. The minimum atomic E-state index is -0.181. The van der Waals surface area contributed by atoms with Crippen LogP contribution in [0.15, 0.2) is 24.3 Å². The Kier molecular flexibility index (Phi) is 15.5. The van der Waals surface area contributed by atoms with Gasteiger partial charge in [-0.25, -0.2) is 0 Å². The molecule has 1 aromatic rings. The van der Waals surface area contributed by atoms with Crippen LogP contribution in [0, 0.1) is 6.92 Å². The average Bonchev–Trinajstić information content (AvgIpc) is 2.35. The van der Waals surface area contributed by atoms with Gasteiger partial charge in [0.25, 0.3) is 0 Å². The van der Waals surface area contributed by atoms with Crippen LogP contribution in [0.3, 0.4) is 0 Å². The maximum Gasteiger partial charge on any atom is 0.143 e. The molecule has 0 saturated heterocycles. The van der Waals surface area contributed by atoms with Gasteiger partial charge in [0.05, 0.1) is 0 Å². The molecule has 1 N–H and O–H groups in total. The van der Waals surface area contributed by atoms with Crippen LogP contribution in [-0.4, -0.2) is 19.0 Å². The largest absolute Gasteiger partial charge is 0.371 e. The fourth-order valence-corrected chi connectivity index (χ4v) is 1.16. The molecule has 0 aromatic heterocycles. The van der Waals surface area contributed by atoms with Crippen molar-refractivity contribution in [3.05, 3.63) is 35.4 Å². The first-order chi connectivity index (χ1) is 7.76. The molecule has 1 rings (SSSR count). The summed E-state index contributed by atoms with van der Waals surface area (Å²) in [5, 5.41) is 7.65. The van der Waals surface area contributed by atoms with Crippen molar-refractivity contribution in [3.8, 4) is 0 Å². The molecule has 0 aliphatic heterocycles. The predicted octanol–water partition coefficient (Wildman–Crippen LogP) is 3.56. The van der Waals surface area contributed by atoms with Gasteiger partial charge in [0.15, 0.2) is 0 Å². The van der Waals surface area contributed by atoms with E-state index in [-0.39, 0.29) is 6.79 Å². The minimum Gasteiger partial charge on any atom is -0.371 e. The van der Waals surface area contributed by atoms with Crippen LogP contribution in [0.1, 0.15) is 38.3 Å². The zero-order chi connectivity index (χ0) is 12.8. The van der Waals surface area contributed by atoms with E-state index in [1.54, 1.807) is 0 Å². The molecular weight excluding hydrogens is 200 g/mol. The number of methoxy groups -OCH3 is 1. The summed E-state index contributed by atoms with van der Waals surface area (Å²) in [5.41, 5.74) is 2.91. The number of hydrogen-bond donors (Lipinski definition) is 1. The molecule has 0 aliphatic rings. The van der Waals surface area contributed by atoms with E-state index in [9.17, 15) is 0 Å². The van der Waals surface area contributed by atoms with Gasteiger partial charge in [-0.1, -0.05) is 51.5 Å². The van der Waals surface area contributed by atoms with Crippen molar-refractivity contribution in [2.45, 2.75) is 40.5 Å². The number of benzene rings is 1. The van der Waals surface area contributed by atoms with Crippen LogP contribution < -0.4 is 0 Å². The summed E-state index contributed by atoms with van der Waals surface area (Å²) in [5.74, 6) is 0. The summed E-state index contributed by atoms with van der Waals surface area (Å²) in [6, 6.07) is 8.58. The van der Waals surface area contributed by atoms with Crippen molar-refractivity contribution in [1.29, 1.82) is 0 Å². The Morgan fingerprint density at radius 1 is 1.19 bits per heavy atom. The first kappa shape index (κ1) is 17.5. The van der Waals surface area contributed by atoms with Crippen LogP contribution in [0.5, 0.6) is 0 Å². The molecule has 2 nitrogen and oxygen atoms in total. The second kappa shape index (κ2) is 14.1. The predicted molar refractivity (Wildman–Crippen MR) is 70.6 cm³/mol. The van der Waals surface area contributed by atoms with Gasteiger partial charge in [-0.05, 0) is 24.5 Å². The van der Waals surface area contributed by atoms with E-state index < -0.39 is 0 Å². The van der Waals surface area contributed by atoms with Gasteiger partial charge < -0.3 is 9.84 Å². The third-order valence-electron chi connectivity index (χ3n) is 1.91. The first-order valence-electron chi connectivity index (χ1n) is 5.90. The monoisotopic (exact) mass is 226 g/mol. The smallest absolute Gasteiger partial charge is 0.143 e. The number of aliphatic hydroxyl groups excluding tert-OH is 1. The zero-order valence-corrected chi connectivity index (χ0v) is 11.3. The highest BCUT2D eigenvalue weighted by atomic mass is 16.6. The summed E-state index contributed by atoms with van der Waals surface area (Å²) in [4.78, 5) is 0. The summed E-state index contributed by atoms with van der Waals surface area (Å²) in [6.07, 6.45) is 2.46. The lowest BCUT2D eigenvalue weighted by atomic mass is 10.1. The van der Waals surface area contributed by atoms with Gasteiger partial charge in [-0.15, -0.1) is 0 Å². The SMILES string of the molecule is CC.CCCc1ccccc1C.COCO. The van der Waals surface area contributed by atoms with Crippen molar-refractivity contribution in [2.75, 3.05) is 13.9 Å². The Morgan fingerprint density at radius 3 is 2.06 bits per heavy atom. The van der Waals surface area contributed by atoms with E-state index in [1.807, 2.05) is 13.8 Å². The van der Waals surface area contributed by atoms with E-state index >= 15 is 0 Å². The van der Waals surface area contributed by atoms with Gasteiger partial charge in [-0.3, -0.25) is 0 Å². The van der Waals surface area contributed by atoms with Gasteiger partial charge in [0, 0.05) is 7.11 Å². The van der Waals surface area contributed by atoms with Crippen LogP contribution in [0.2, 0.25) is 0 Å². The molecule has 94 valence electrons. The number of aliphatic hydroxyl groups is 1. The molecule has 0 saturated carbocycles. The van der Waals surface area contributed by atoms with E-state index in [2.05, 4.69) is 42.8 Å². The summed E-state index contributed by atoms with van der Waals surface area (Å²) >= 11 is 0. The Bertz CT molecular complexity index is 232. The van der Waals surface area contributed by atoms with Crippen LogP contribution in [-0.2, 0) is 11.2 Å². The normalized spacial score (nSPS) is 8.38. The lowest BCUT2D eigenvalue weighted by Crippen LogP contribution is -1.85. The van der Waals surface area contributed by atoms with E-state index in [4.69, 9.17) is 5.11 Å². The van der Waals surface area contributed by atoms with Crippen LogP contribution >= 0.6 is 0 Å². The fourth-order valence-electron chi connectivity index (χ4n) is 1.16. The molecule has 16 heavy (non-hydrogen) atoms. The Hall–Kier alpha value is -0.860. The van der Waals surface area contributed by atoms with Crippen molar-refractivity contribution in [2.24, 2.45) is 0 Å². The third-order valence-corrected chi connectivity index (χ3v) is 1.91. The molecule has 2 heteroatoms. The lowest BCUT2D eigenvalue weighted by molar-refractivity contribution is 0.0325. The minimum absolute atomic E-state index is 0.181. The number of aryl methyl sites for hydroxylation is 2. The highest BCUT2D eigenvalue weighted by Crippen LogP contribution is 2.08. The van der Waals surface area contributed by atoms with Crippen molar-refractivity contribution < 1.29 is 9.84 Å². The second-order valence-electron chi connectivity index (χ2n) is 3.09. The molecule has 0 heterocycles. The number of rotatable bonds is 3. The molecule has 0 radical (unpaired) electrons. The number of ether oxygens (including phenoxy) is 1. The van der Waals surface area contributed by atoms with Gasteiger partial charge in [0.1, 0.15) is 6.79 Å². The molecule has 0 bridgehead atoms. The van der Waals surface area contributed by atoms with Crippen LogP contribution in [0.4, 0.5) is 0 Å². The average molecular weight is 226 g/mol.